The third kappa shape index (κ3) is 1.35. The van der Waals surface area contributed by atoms with Crippen molar-refractivity contribution in [2.45, 2.75) is 6.92 Å². The summed E-state index contributed by atoms with van der Waals surface area (Å²) < 4.78 is 11.6. The molecule has 0 amide bonds. The van der Waals surface area contributed by atoms with Gasteiger partial charge in [-0.05, 0) is 24.6 Å². The minimum absolute atomic E-state index is 0.119. The average Bonchev–Trinajstić information content (AvgIpc) is 2.59. The molecule has 0 saturated carbocycles. The second-order valence-electron chi connectivity index (χ2n) is 3.14. The molecule has 0 aliphatic carbocycles. The Hall–Kier alpha value is -1.84. The minimum atomic E-state index is -1.00. The Bertz CT molecular complexity index is 490. The second kappa shape index (κ2) is 3.14. The lowest BCUT2D eigenvalue weighted by Crippen LogP contribution is -1.97. The van der Waals surface area contributed by atoms with Gasteiger partial charge in [0.1, 0.15) is 5.69 Å². The highest BCUT2D eigenvalue weighted by Crippen LogP contribution is 2.17. The molecule has 2 rings (SSSR count). The van der Waals surface area contributed by atoms with E-state index in [1.54, 1.807) is 6.07 Å². The fraction of sp³-hybridized carbons (Fsp3) is 0.100. The van der Waals surface area contributed by atoms with E-state index in [1.165, 1.54) is 0 Å². The van der Waals surface area contributed by atoms with Crippen molar-refractivity contribution in [3.05, 3.63) is 35.5 Å². The van der Waals surface area contributed by atoms with Gasteiger partial charge in [0.15, 0.2) is 0 Å². The van der Waals surface area contributed by atoms with Gasteiger partial charge in [-0.15, -0.1) is 0 Å². The molecule has 0 bridgehead atoms. The maximum absolute atomic E-state index is 11.6. The Labute approximate surface area is 79.4 Å². The summed E-state index contributed by atoms with van der Waals surface area (Å²) in [4.78, 5) is 16.7. The van der Waals surface area contributed by atoms with Crippen LogP contribution < -0.4 is 0 Å². The minimum Gasteiger partial charge on any atom is -0.349 e. The van der Waals surface area contributed by atoms with Gasteiger partial charge in [-0.2, -0.15) is 0 Å². The highest BCUT2D eigenvalue weighted by atomic mass is 19.3. The number of aryl methyl sites for hydroxylation is 1. The van der Waals surface area contributed by atoms with Crippen LogP contribution in [-0.4, -0.2) is 11.0 Å². The van der Waals surface area contributed by atoms with Crippen LogP contribution in [0.25, 0.3) is 10.9 Å². The van der Waals surface area contributed by atoms with E-state index >= 15 is 0 Å². The molecular weight excluding hydrogens is 185 g/mol. The van der Waals surface area contributed by atoms with Crippen LogP contribution in [0, 0.1) is 6.92 Å². The standard InChI is InChI=1S/C10H8FNO2/c1-6-2-3-7-5-9(10(13)14-11)12-8(7)4-6/h2-5,12H,1H3. The summed E-state index contributed by atoms with van der Waals surface area (Å²) in [5.74, 6) is -1.00. The van der Waals surface area contributed by atoms with Crippen molar-refractivity contribution in [1.29, 1.82) is 0 Å². The van der Waals surface area contributed by atoms with Gasteiger partial charge >= 0.3 is 5.97 Å². The molecule has 0 aliphatic rings. The number of aromatic nitrogens is 1. The monoisotopic (exact) mass is 193 g/mol. The molecule has 0 atom stereocenters. The van der Waals surface area contributed by atoms with Crippen molar-refractivity contribution in [2.24, 2.45) is 0 Å². The third-order valence-electron chi connectivity index (χ3n) is 2.07. The summed E-state index contributed by atoms with van der Waals surface area (Å²) in [5, 5.41) is 0.857. The summed E-state index contributed by atoms with van der Waals surface area (Å²) in [5.41, 5.74) is 1.98. The quantitative estimate of drug-likeness (QED) is 0.756. The molecule has 72 valence electrons. The number of halogens is 1. The van der Waals surface area contributed by atoms with Crippen LogP contribution in [-0.2, 0) is 4.94 Å². The van der Waals surface area contributed by atoms with E-state index in [2.05, 4.69) is 9.93 Å². The zero-order valence-electron chi connectivity index (χ0n) is 7.50. The molecule has 3 nitrogen and oxygen atoms in total. The topological polar surface area (TPSA) is 42.1 Å². The van der Waals surface area contributed by atoms with E-state index in [-0.39, 0.29) is 5.69 Å². The fourth-order valence-electron chi connectivity index (χ4n) is 1.39. The Morgan fingerprint density at radius 3 is 2.93 bits per heavy atom. The molecular formula is C10H8FNO2. The number of hydrogen-bond acceptors (Lipinski definition) is 2. The summed E-state index contributed by atoms with van der Waals surface area (Å²) in [6, 6.07) is 7.21. The van der Waals surface area contributed by atoms with Crippen molar-refractivity contribution in [3.63, 3.8) is 0 Å². The van der Waals surface area contributed by atoms with Crippen molar-refractivity contribution in [3.8, 4) is 0 Å². The molecule has 0 radical (unpaired) electrons. The molecule has 1 heterocycles. The number of carbonyl (C=O) groups is 1. The van der Waals surface area contributed by atoms with Crippen LogP contribution in [0.1, 0.15) is 16.1 Å². The Balaban J connectivity index is 2.56. The molecule has 0 saturated heterocycles. The van der Waals surface area contributed by atoms with E-state index in [0.717, 1.165) is 16.5 Å². The first-order chi connectivity index (χ1) is 6.70. The van der Waals surface area contributed by atoms with Gasteiger partial charge < -0.3 is 4.98 Å². The highest BCUT2D eigenvalue weighted by molar-refractivity contribution is 5.94. The molecule has 1 N–H and O–H groups in total. The first-order valence-electron chi connectivity index (χ1n) is 4.13. The summed E-state index contributed by atoms with van der Waals surface area (Å²) >= 11 is 0. The molecule has 0 unspecified atom stereocenters. The van der Waals surface area contributed by atoms with Crippen molar-refractivity contribution in [1.82, 2.24) is 4.98 Å². The Morgan fingerprint density at radius 1 is 1.43 bits per heavy atom. The van der Waals surface area contributed by atoms with Crippen LogP contribution in [0.15, 0.2) is 24.3 Å². The predicted molar refractivity (Wildman–Crippen MR) is 49.6 cm³/mol. The number of H-pyrrole nitrogens is 1. The van der Waals surface area contributed by atoms with Gasteiger partial charge in [-0.3, -0.25) is 0 Å². The van der Waals surface area contributed by atoms with Gasteiger partial charge in [0.25, 0.3) is 0 Å². The molecule has 14 heavy (non-hydrogen) atoms. The summed E-state index contributed by atoms with van der Waals surface area (Å²) in [6.45, 7) is 1.94. The van der Waals surface area contributed by atoms with Crippen LogP contribution in [0.4, 0.5) is 4.53 Å². The highest BCUT2D eigenvalue weighted by Gasteiger charge is 2.10. The van der Waals surface area contributed by atoms with Crippen LogP contribution in [0.2, 0.25) is 0 Å². The number of rotatable bonds is 1. The second-order valence-corrected chi connectivity index (χ2v) is 3.14. The van der Waals surface area contributed by atoms with E-state index in [9.17, 15) is 9.32 Å². The van der Waals surface area contributed by atoms with Gasteiger partial charge in [0, 0.05) is 15.4 Å². The largest absolute Gasteiger partial charge is 0.395 e. The normalized spacial score (nSPS) is 10.4. The van der Waals surface area contributed by atoms with E-state index in [0.29, 0.717) is 0 Å². The molecule has 0 aliphatic heterocycles. The molecule has 0 fully saturated rings. The fourth-order valence-corrected chi connectivity index (χ4v) is 1.39. The van der Waals surface area contributed by atoms with Crippen LogP contribution in [0.5, 0.6) is 0 Å². The van der Waals surface area contributed by atoms with Crippen molar-refractivity contribution in [2.75, 3.05) is 0 Å². The lowest BCUT2D eigenvalue weighted by Gasteiger charge is -1.90. The maximum atomic E-state index is 11.6. The van der Waals surface area contributed by atoms with Gasteiger partial charge in [0.2, 0.25) is 0 Å². The molecule has 0 spiro atoms. The SMILES string of the molecule is Cc1ccc2cc(C(=O)OF)[nH]c2c1. The zero-order chi connectivity index (χ0) is 10.1. The zero-order valence-corrected chi connectivity index (χ0v) is 7.50. The number of carbonyl (C=O) groups excluding carboxylic acids is 1. The van der Waals surface area contributed by atoms with E-state index < -0.39 is 5.97 Å². The predicted octanol–water partition coefficient (Wildman–Crippen LogP) is 2.52. The third-order valence-corrected chi connectivity index (χ3v) is 2.07. The summed E-state index contributed by atoms with van der Waals surface area (Å²) in [6.07, 6.45) is 0. The lowest BCUT2D eigenvalue weighted by atomic mass is 10.2. The first-order valence-corrected chi connectivity index (χ1v) is 4.13. The molecule has 2 aromatic rings. The Kier molecular flexibility index (Phi) is 1.96. The molecule has 1 aromatic carbocycles. The lowest BCUT2D eigenvalue weighted by molar-refractivity contribution is -0.0792. The van der Waals surface area contributed by atoms with Crippen molar-refractivity contribution < 1.29 is 14.3 Å². The van der Waals surface area contributed by atoms with Gasteiger partial charge in [-0.25, -0.2) is 9.74 Å². The molecule has 4 heteroatoms. The maximum Gasteiger partial charge on any atom is 0.395 e. The number of nitrogens with one attached hydrogen (secondary N) is 1. The van der Waals surface area contributed by atoms with Crippen molar-refractivity contribution >= 4 is 16.9 Å². The number of benzene rings is 1. The number of aromatic amines is 1. The Morgan fingerprint density at radius 2 is 2.21 bits per heavy atom. The van der Waals surface area contributed by atoms with Crippen LogP contribution >= 0.6 is 0 Å². The van der Waals surface area contributed by atoms with Gasteiger partial charge in [0.05, 0.1) is 0 Å². The smallest absolute Gasteiger partial charge is 0.349 e. The number of fused-ring (bicyclic) bond motifs is 1. The van der Waals surface area contributed by atoms with E-state index in [4.69, 9.17) is 0 Å². The summed E-state index contributed by atoms with van der Waals surface area (Å²) in [7, 11) is 0. The average molecular weight is 193 g/mol. The molecule has 1 aromatic heterocycles. The first kappa shape index (κ1) is 8.74. The van der Waals surface area contributed by atoms with Crippen LogP contribution in [0.3, 0.4) is 0 Å². The van der Waals surface area contributed by atoms with E-state index in [1.807, 2.05) is 25.1 Å². The number of hydrogen-bond donors (Lipinski definition) is 1. The van der Waals surface area contributed by atoms with Gasteiger partial charge in [-0.1, -0.05) is 12.1 Å².